The number of hydrogen-bond acceptors (Lipinski definition) is 2. The molecule has 14 heavy (non-hydrogen) atoms. The van der Waals surface area contributed by atoms with Gasteiger partial charge in [-0.05, 0) is 44.9 Å². The van der Waals surface area contributed by atoms with Crippen LogP contribution in [0.3, 0.4) is 0 Å². The Balaban J connectivity index is 2.96. The second kappa shape index (κ2) is 4.27. The molecule has 76 valence electrons. The highest BCUT2D eigenvalue weighted by molar-refractivity contribution is 5.91. The summed E-state index contributed by atoms with van der Waals surface area (Å²) in [6.07, 6.45) is -0.0672. The van der Waals surface area contributed by atoms with Crippen molar-refractivity contribution < 1.29 is 9.53 Å². The topological polar surface area (TPSA) is 26.3 Å². The van der Waals surface area contributed by atoms with Gasteiger partial charge in [0.1, 0.15) is 0 Å². The van der Waals surface area contributed by atoms with Crippen molar-refractivity contribution in [3.8, 4) is 0 Å². The Morgan fingerprint density at radius 2 is 1.93 bits per heavy atom. The van der Waals surface area contributed by atoms with Gasteiger partial charge in [0, 0.05) is 0 Å². The van der Waals surface area contributed by atoms with E-state index in [2.05, 4.69) is 0 Å². The van der Waals surface area contributed by atoms with E-state index in [1.54, 1.807) is 6.07 Å². The zero-order chi connectivity index (χ0) is 10.7. The van der Waals surface area contributed by atoms with E-state index in [1.807, 2.05) is 39.8 Å². The van der Waals surface area contributed by atoms with Gasteiger partial charge in [0.25, 0.3) is 0 Å². The van der Waals surface area contributed by atoms with Gasteiger partial charge in [0.05, 0.1) is 11.7 Å². The van der Waals surface area contributed by atoms with Crippen LogP contribution in [0.4, 0.5) is 0 Å². The number of benzene rings is 1. The van der Waals surface area contributed by atoms with Gasteiger partial charge in [0.15, 0.2) is 0 Å². The molecule has 0 N–H and O–H groups in total. The molecule has 0 atom stereocenters. The van der Waals surface area contributed by atoms with Crippen LogP contribution in [0.5, 0.6) is 0 Å². The molecular formula is C12H16O2. The highest BCUT2D eigenvalue weighted by Gasteiger charge is 2.12. The molecule has 0 fully saturated rings. The van der Waals surface area contributed by atoms with Gasteiger partial charge >= 0.3 is 5.97 Å². The molecule has 1 aromatic rings. The molecule has 2 heteroatoms. The summed E-state index contributed by atoms with van der Waals surface area (Å²) >= 11 is 0. The molecule has 0 unspecified atom stereocenters. The summed E-state index contributed by atoms with van der Waals surface area (Å²) in [6.45, 7) is 7.62. The molecule has 0 bridgehead atoms. The maximum Gasteiger partial charge on any atom is 0.338 e. The summed E-state index contributed by atoms with van der Waals surface area (Å²) in [5, 5.41) is 0. The lowest BCUT2D eigenvalue weighted by atomic mass is 10.0. The summed E-state index contributed by atoms with van der Waals surface area (Å²) in [7, 11) is 0. The normalized spacial score (nSPS) is 10.4. The van der Waals surface area contributed by atoms with Crippen molar-refractivity contribution in [2.75, 3.05) is 0 Å². The SMILES string of the molecule is Cc1cccc(C(=O)OC(C)C)c1C. The van der Waals surface area contributed by atoms with E-state index in [-0.39, 0.29) is 12.1 Å². The van der Waals surface area contributed by atoms with Crippen LogP contribution < -0.4 is 0 Å². The lowest BCUT2D eigenvalue weighted by Crippen LogP contribution is -2.13. The summed E-state index contributed by atoms with van der Waals surface area (Å²) in [5.74, 6) is -0.235. The van der Waals surface area contributed by atoms with Crippen molar-refractivity contribution in [2.45, 2.75) is 33.8 Å². The van der Waals surface area contributed by atoms with Crippen molar-refractivity contribution in [2.24, 2.45) is 0 Å². The van der Waals surface area contributed by atoms with Gasteiger partial charge in [-0.1, -0.05) is 12.1 Å². The summed E-state index contributed by atoms with van der Waals surface area (Å²) in [4.78, 5) is 11.6. The van der Waals surface area contributed by atoms with Crippen molar-refractivity contribution in [3.63, 3.8) is 0 Å². The van der Waals surface area contributed by atoms with Crippen LogP contribution in [-0.4, -0.2) is 12.1 Å². The Morgan fingerprint density at radius 3 is 2.50 bits per heavy atom. The van der Waals surface area contributed by atoms with Crippen LogP contribution in [0, 0.1) is 13.8 Å². The van der Waals surface area contributed by atoms with E-state index in [0.29, 0.717) is 5.56 Å². The Morgan fingerprint density at radius 1 is 1.29 bits per heavy atom. The Hall–Kier alpha value is -1.31. The predicted molar refractivity (Wildman–Crippen MR) is 56.5 cm³/mol. The number of carbonyl (C=O) groups excluding carboxylic acids is 1. The number of rotatable bonds is 2. The van der Waals surface area contributed by atoms with Crippen molar-refractivity contribution in [3.05, 3.63) is 34.9 Å². The zero-order valence-corrected chi connectivity index (χ0v) is 9.13. The molecule has 2 nitrogen and oxygen atoms in total. The molecule has 0 aromatic heterocycles. The first-order valence-corrected chi connectivity index (χ1v) is 4.79. The second-order valence-electron chi connectivity index (χ2n) is 3.70. The molecule has 1 rings (SSSR count). The van der Waals surface area contributed by atoms with E-state index in [1.165, 1.54) is 0 Å². The third kappa shape index (κ3) is 2.34. The van der Waals surface area contributed by atoms with Gasteiger partial charge in [-0.2, -0.15) is 0 Å². The maximum absolute atomic E-state index is 11.6. The van der Waals surface area contributed by atoms with Gasteiger partial charge in [0.2, 0.25) is 0 Å². The zero-order valence-electron chi connectivity index (χ0n) is 9.13. The van der Waals surface area contributed by atoms with Crippen LogP contribution in [0.2, 0.25) is 0 Å². The quantitative estimate of drug-likeness (QED) is 0.673. The number of hydrogen-bond donors (Lipinski definition) is 0. The molecular weight excluding hydrogens is 176 g/mol. The van der Waals surface area contributed by atoms with E-state index in [0.717, 1.165) is 11.1 Å². The van der Waals surface area contributed by atoms with E-state index in [9.17, 15) is 4.79 Å². The van der Waals surface area contributed by atoms with Gasteiger partial charge in [-0.25, -0.2) is 4.79 Å². The van der Waals surface area contributed by atoms with Crippen LogP contribution in [0.1, 0.15) is 35.3 Å². The number of carbonyl (C=O) groups is 1. The number of esters is 1. The fourth-order valence-corrected chi connectivity index (χ4v) is 1.25. The lowest BCUT2D eigenvalue weighted by Gasteiger charge is -2.10. The van der Waals surface area contributed by atoms with E-state index in [4.69, 9.17) is 4.74 Å². The third-order valence-electron chi connectivity index (χ3n) is 2.17. The molecule has 0 heterocycles. The fourth-order valence-electron chi connectivity index (χ4n) is 1.25. The van der Waals surface area contributed by atoms with Crippen LogP contribution in [-0.2, 0) is 4.74 Å². The Bertz CT molecular complexity index is 340. The third-order valence-corrected chi connectivity index (χ3v) is 2.17. The van der Waals surface area contributed by atoms with E-state index >= 15 is 0 Å². The standard InChI is InChI=1S/C12H16O2/c1-8(2)14-12(13)11-7-5-6-9(3)10(11)4/h5-8H,1-4H3. The molecule has 0 aliphatic carbocycles. The number of aryl methyl sites for hydroxylation is 1. The fraction of sp³-hybridized carbons (Fsp3) is 0.417. The molecule has 0 saturated heterocycles. The first-order chi connectivity index (χ1) is 6.52. The molecule has 0 spiro atoms. The van der Waals surface area contributed by atoms with Crippen molar-refractivity contribution in [1.82, 2.24) is 0 Å². The molecule has 0 amide bonds. The minimum absolute atomic E-state index is 0.0672. The first kappa shape index (κ1) is 10.8. The summed E-state index contributed by atoms with van der Waals surface area (Å²) in [5.41, 5.74) is 2.78. The predicted octanol–water partition coefficient (Wildman–Crippen LogP) is 2.87. The van der Waals surface area contributed by atoms with Crippen molar-refractivity contribution in [1.29, 1.82) is 0 Å². The minimum atomic E-state index is -0.235. The molecule has 0 radical (unpaired) electrons. The lowest BCUT2D eigenvalue weighted by molar-refractivity contribution is 0.0377. The van der Waals surface area contributed by atoms with Gasteiger partial charge < -0.3 is 4.74 Å². The first-order valence-electron chi connectivity index (χ1n) is 4.79. The van der Waals surface area contributed by atoms with Crippen molar-refractivity contribution >= 4 is 5.97 Å². The molecule has 0 saturated carbocycles. The van der Waals surface area contributed by atoms with Gasteiger partial charge in [-0.15, -0.1) is 0 Å². The smallest absolute Gasteiger partial charge is 0.338 e. The second-order valence-corrected chi connectivity index (χ2v) is 3.70. The maximum atomic E-state index is 11.6. The highest BCUT2D eigenvalue weighted by atomic mass is 16.5. The van der Waals surface area contributed by atoms with Crippen LogP contribution >= 0.6 is 0 Å². The van der Waals surface area contributed by atoms with Crippen LogP contribution in [0.15, 0.2) is 18.2 Å². The van der Waals surface area contributed by atoms with Crippen LogP contribution in [0.25, 0.3) is 0 Å². The Kier molecular flexibility index (Phi) is 3.28. The highest BCUT2D eigenvalue weighted by Crippen LogP contribution is 2.14. The number of ether oxygens (including phenoxy) is 1. The largest absolute Gasteiger partial charge is 0.459 e. The minimum Gasteiger partial charge on any atom is -0.459 e. The monoisotopic (exact) mass is 192 g/mol. The molecule has 0 aliphatic heterocycles. The molecule has 0 aliphatic rings. The van der Waals surface area contributed by atoms with E-state index < -0.39 is 0 Å². The molecule has 1 aromatic carbocycles. The average Bonchev–Trinajstić information content (AvgIpc) is 2.08. The summed E-state index contributed by atoms with van der Waals surface area (Å²) in [6, 6.07) is 5.66. The van der Waals surface area contributed by atoms with Gasteiger partial charge in [-0.3, -0.25) is 0 Å². The Labute approximate surface area is 84.9 Å². The average molecular weight is 192 g/mol. The summed E-state index contributed by atoms with van der Waals surface area (Å²) < 4.78 is 5.13.